The largest absolute Gasteiger partial charge is 0.444 e. The zero-order valence-electron chi connectivity index (χ0n) is 15.7. The van der Waals surface area contributed by atoms with Crippen LogP contribution in [-0.2, 0) is 9.47 Å². The van der Waals surface area contributed by atoms with Crippen LogP contribution in [0.5, 0.6) is 0 Å². The van der Waals surface area contributed by atoms with Gasteiger partial charge in [0.2, 0.25) is 0 Å². The van der Waals surface area contributed by atoms with Crippen LogP contribution in [0.3, 0.4) is 0 Å². The van der Waals surface area contributed by atoms with Crippen molar-refractivity contribution in [1.29, 1.82) is 0 Å². The second kappa shape index (κ2) is 8.15. The van der Waals surface area contributed by atoms with Crippen LogP contribution >= 0.6 is 11.6 Å². The van der Waals surface area contributed by atoms with E-state index in [1.807, 2.05) is 51.1 Å². The van der Waals surface area contributed by atoms with E-state index in [1.165, 1.54) is 0 Å². The van der Waals surface area contributed by atoms with Crippen molar-refractivity contribution in [2.24, 2.45) is 0 Å². The number of anilines is 2. The minimum Gasteiger partial charge on any atom is -0.444 e. The van der Waals surface area contributed by atoms with Gasteiger partial charge in [0.1, 0.15) is 17.5 Å². The maximum absolute atomic E-state index is 12.3. The van der Waals surface area contributed by atoms with Gasteiger partial charge in [-0.05, 0) is 50.6 Å². The van der Waals surface area contributed by atoms with Gasteiger partial charge in [-0.25, -0.2) is 9.78 Å². The molecular weight excluding hydrogens is 366 g/mol. The number of carbonyl (C=O) groups excluding carboxylic acids is 1. The van der Waals surface area contributed by atoms with Gasteiger partial charge in [0, 0.05) is 18.4 Å². The molecule has 0 spiro atoms. The predicted molar refractivity (Wildman–Crippen MR) is 105 cm³/mol. The zero-order chi connectivity index (χ0) is 19.4. The molecule has 0 saturated carbocycles. The highest BCUT2D eigenvalue weighted by atomic mass is 35.5. The Bertz CT molecular complexity index is 773. The standard InChI is InChI=1S/C20H24ClN3O3/c1-20(2,3)27-19(25)24-10-11-26-17(13-24)14-4-7-16(8-5-14)23-18-9-6-15(21)12-22-18/h4-9,12,17H,10-11,13H2,1-3H3,(H,22,23). The molecule has 2 aromatic rings. The maximum Gasteiger partial charge on any atom is 0.410 e. The summed E-state index contributed by atoms with van der Waals surface area (Å²) in [7, 11) is 0. The second-order valence-electron chi connectivity index (χ2n) is 7.39. The second-order valence-corrected chi connectivity index (χ2v) is 7.83. The van der Waals surface area contributed by atoms with Gasteiger partial charge in [-0.3, -0.25) is 0 Å². The Balaban J connectivity index is 1.62. The number of carbonyl (C=O) groups is 1. The average molecular weight is 390 g/mol. The van der Waals surface area contributed by atoms with Crippen molar-refractivity contribution in [3.8, 4) is 0 Å². The number of halogens is 1. The molecule has 1 aromatic heterocycles. The number of ether oxygens (including phenoxy) is 2. The lowest BCUT2D eigenvalue weighted by atomic mass is 10.1. The Morgan fingerprint density at radius 2 is 2.00 bits per heavy atom. The molecule has 1 unspecified atom stereocenters. The third kappa shape index (κ3) is 5.58. The Morgan fingerprint density at radius 3 is 2.63 bits per heavy atom. The molecule has 0 radical (unpaired) electrons. The van der Waals surface area contributed by atoms with Crippen LogP contribution in [-0.4, -0.2) is 41.3 Å². The van der Waals surface area contributed by atoms with E-state index < -0.39 is 5.60 Å². The molecule has 1 saturated heterocycles. The predicted octanol–water partition coefficient (Wildman–Crippen LogP) is 4.79. The summed E-state index contributed by atoms with van der Waals surface area (Å²) in [5, 5.41) is 3.82. The van der Waals surface area contributed by atoms with Crippen molar-refractivity contribution in [3.05, 3.63) is 53.2 Å². The van der Waals surface area contributed by atoms with Crippen LogP contribution in [0.2, 0.25) is 5.02 Å². The van der Waals surface area contributed by atoms with E-state index >= 15 is 0 Å². The first-order valence-electron chi connectivity index (χ1n) is 8.88. The van der Waals surface area contributed by atoms with Gasteiger partial charge >= 0.3 is 6.09 Å². The number of aromatic nitrogens is 1. The highest BCUT2D eigenvalue weighted by molar-refractivity contribution is 6.30. The number of amides is 1. The average Bonchev–Trinajstić information content (AvgIpc) is 2.63. The molecule has 1 fully saturated rings. The zero-order valence-corrected chi connectivity index (χ0v) is 16.5. The quantitative estimate of drug-likeness (QED) is 0.817. The Morgan fingerprint density at radius 1 is 1.26 bits per heavy atom. The lowest BCUT2D eigenvalue weighted by molar-refractivity contribution is -0.0432. The summed E-state index contributed by atoms with van der Waals surface area (Å²) in [5.74, 6) is 0.720. The molecule has 7 heteroatoms. The molecule has 1 aliphatic heterocycles. The summed E-state index contributed by atoms with van der Waals surface area (Å²) < 4.78 is 11.3. The Kier molecular flexibility index (Phi) is 5.87. The topological polar surface area (TPSA) is 63.7 Å². The fourth-order valence-electron chi connectivity index (χ4n) is 2.72. The van der Waals surface area contributed by atoms with E-state index in [4.69, 9.17) is 21.1 Å². The van der Waals surface area contributed by atoms with Gasteiger partial charge < -0.3 is 19.7 Å². The molecule has 1 atom stereocenters. The summed E-state index contributed by atoms with van der Waals surface area (Å²) >= 11 is 5.85. The molecule has 1 aliphatic rings. The SMILES string of the molecule is CC(C)(C)OC(=O)N1CCOC(c2ccc(Nc3ccc(Cl)cn3)cc2)C1. The first-order chi connectivity index (χ1) is 12.8. The number of hydrogen-bond acceptors (Lipinski definition) is 5. The van der Waals surface area contributed by atoms with Crippen molar-refractivity contribution in [2.75, 3.05) is 25.0 Å². The molecule has 0 bridgehead atoms. The monoisotopic (exact) mass is 389 g/mol. The smallest absolute Gasteiger partial charge is 0.410 e. The van der Waals surface area contributed by atoms with Crippen molar-refractivity contribution < 1.29 is 14.3 Å². The van der Waals surface area contributed by atoms with Crippen molar-refractivity contribution in [2.45, 2.75) is 32.5 Å². The summed E-state index contributed by atoms with van der Waals surface area (Å²) in [4.78, 5) is 18.2. The van der Waals surface area contributed by atoms with Gasteiger partial charge in [-0.2, -0.15) is 0 Å². The Labute approximate surface area is 164 Å². The minimum absolute atomic E-state index is 0.172. The number of hydrogen-bond donors (Lipinski definition) is 1. The first-order valence-corrected chi connectivity index (χ1v) is 9.26. The number of rotatable bonds is 3. The summed E-state index contributed by atoms with van der Waals surface area (Å²) in [6.07, 6.45) is 1.12. The summed E-state index contributed by atoms with van der Waals surface area (Å²) in [6, 6.07) is 11.5. The number of morpholine rings is 1. The summed E-state index contributed by atoms with van der Waals surface area (Å²) in [5.41, 5.74) is 1.42. The number of pyridine rings is 1. The van der Waals surface area contributed by atoms with Crippen molar-refractivity contribution in [3.63, 3.8) is 0 Å². The molecule has 27 heavy (non-hydrogen) atoms. The Hall–Kier alpha value is -2.31. The molecule has 0 aliphatic carbocycles. The minimum atomic E-state index is -0.506. The van der Waals surface area contributed by atoms with E-state index in [1.54, 1.807) is 17.2 Å². The van der Waals surface area contributed by atoms with Crippen LogP contribution in [0.25, 0.3) is 0 Å². The molecular formula is C20H24ClN3O3. The maximum atomic E-state index is 12.3. The van der Waals surface area contributed by atoms with E-state index in [-0.39, 0.29) is 12.2 Å². The van der Waals surface area contributed by atoms with Gasteiger partial charge in [0.05, 0.1) is 18.2 Å². The third-order valence-electron chi connectivity index (χ3n) is 4.00. The van der Waals surface area contributed by atoms with E-state index in [9.17, 15) is 4.79 Å². The molecule has 144 valence electrons. The van der Waals surface area contributed by atoms with Crippen LogP contribution in [0.1, 0.15) is 32.4 Å². The van der Waals surface area contributed by atoms with Crippen LogP contribution in [0.15, 0.2) is 42.6 Å². The highest BCUT2D eigenvalue weighted by Crippen LogP contribution is 2.25. The summed E-state index contributed by atoms with van der Waals surface area (Å²) in [6.45, 7) is 7.09. The number of benzene rings is 1. The number of nitrogens with zero attached hydrogens (tertiary/aromatic N) is 2. The lowest BCUT2D eigenvalue weighted by Gasteiger charge is -2.34. The third-order valence-corrected chi connectivity index (χ3v) is 4.22. The molecule has 1 N–H and O–H groups in total. The number of nitrogens with one attached hydrogen (secondary N) is 1. The van der Waals surface area contributed by atoms with Gasteiger partial charge in [0.25, 0.3) is 0 Å². The van der Waals surface area contributed by atoms with Gasteiger partial charge in [-0.1, -0.05) is 23.7 Å². The van der Waals surface area contributed by atoms with E-state index in [0.29, 0.717) is 24.7 Å². The first kappa shape index (κ1) is 19.5. The lowest BCUT2D eigenvalue weighted by Crippen LogP contribution is -2.44. The van der Waals surface area contributed by atoms with E-state index in [2.05, 4.69) is 10.3 Å². The van der Waals surface area contributed by atoms with E-state index in [0.717, 1.165) is 17.1 Å². The van der Waals surface area contributed by atoms with Gasteiger partial charge in [0.15, 0.2) is 0 Å². The highest BCUT2D eigenvalue weighted by Gasteiger charge is 2.28. The van der Waals surface area contributed by atoms with Crippen molar-refractivity contribution in [1.82, 2.24) is 9.88 Å². The van der Waals surface area contributed by atoms with Crippen LogP contribution in [0.4, 0.5) is 16.3 Å². The molecule has 2 heterocycles. The fraction of sp³-hybridized carbons (Fsp3) is 0.400. The van der Waals surface area contributed by atoms with Crippen LogP contribution < -0.4 is 5.32 Å². The van der Waals surface area contributed by atoms with Crippen molar-refractivity contribution >= 4 is 29.2 Å². The molecule has 1 aromatic carbocycles. The van der Waals surface area contributed by atoms with Gasteiger partial charge in [-0.15, -0.1) is 0 Å². The molecule has 3 rings (SSSR count). The fourth-order valence-corrected chi connectivity index (χ4v) is 2.83. The molecule has 1 amide bonds. The normalized spacial score (nSPS) is 17.5. The van der Waals surface area contributed by atoms with Crippen LogP contribution in [0, 0.1) is 0 Å². The molecule has 6 nitrogen and oxygen atoms in total.